The minimum atomic E-state index is 0.713. The Morgan fingerprint density at radius 1 is 1.19 bits per heavy atom. The van der Waals surface area contributed by atoms with Gasteiger partial charge in [0.25, 0.3) is 0 Å². The maximum Gasteiger partial charge on any atom is 0.214 e. The van der Waals surface area contributed by atoms with Crippen LogP contribution >= 0.6 is 11.8 Å². The summed E-state index contributed by atoms with van der Waals surface area (Å²) >= 11 is 1.54. The average molecular weight is 299 g/mol. The second kappa shape index (κ2) is 6.36. The van der Waals surface area contributed by atoms with Crippen LogP contribution in [-0.4, -0.2) is 32.3 Å². The molecule has 2 aromatic heterocycles. The summed E-state index contributed by atoms with van der Waals surface area (Å²) in [6.07, 6.45) is 1.78. The summed E-state index contributed by atoms with van der Waals surface area (Å²) in [5.41, 5.74) is 1.85. The van der Waals surface area contributed by atoms with E-state index in [1.54, 1.807) is 18.0 Å². The van der Waals surface area contributed by atoms with E-state index in [-0.39, 0.29) is 0 Å². The fourth-order valence-electron chi connectivity index (χ4n) is 1.80. The summed E-state index contributed by atoms with van der Waals surface area (Å²) in [7, 11) is 1.63. The Balaban J connectivity index is 1.80. The van der Waals surface area contributed by atoms with Crippen molar-refractivity contribution in [2.45, 2.75) is 10.9 Å². The first kappa shape index (κ1) is 13.6. The number of rotatable bonds is 5. The van der Waals surface area contributed by atoms with Crippen LogP contribution in [0.2, 0.25) is 0 Å². The molecule has 2 heterocycles. The molecular formula is C14H13N5OS. The number of ether oxygens (including phenoxy) is 1. The van der Waals surface area contributed by atoms with E-state index in [0.29, 0.717) is 10.9 Å². The van der Waals surface area contributed by atoms with Gasteiger partial charge in [0.15, 0.2) is 0 Å². The Labute approximate surface area is 126 Å². The molecule has 0 amide bonds. The van der Waals surface area contributed by atoms with Gasteiger partial charge in [0.05, 0.1) is 18.5 Å². The standard InChI is InChI=1S/C14H13N5OS/c1-20-13-7-4-6-12(9-13)19-14(16-17-18-19)21-10-11-5-2-3-8-15-11/h2-9H,10H2,1H3. The highest BCUT2D eigenvalue weighted by Crippen LogP contribution is 2.23. The summed E-state index contributed by atoms with van der Waals surface area (Å²) in [4.78, 5) is 4.29. The van der Waals surface area contributed by atoms with E-state index in [1.165, 1.54) is 11.8 Å². The van der Waals surface area contributed by atoms with Crippen molar-refractivity contribution in [3.63, 3.8) is 0 Å². The Hall–Kier alpha value is -2.41. The van der Waals surface area contributed by atoms with Gasteiger partial charge in [-0.15, -0.1) is 5.10 Å². The molecule has 0 saturated heterocycles. The number of nitrogens with zero attached hydrogens (tertiary/aromatic N) is 5. The van der Waals surface area contributed by atoms with Crippen LogP contribution in [0, 0.1) is 0 Å². The van der Waals surface area contributed by atoms with Crippen LogP contribution < -0.4 is 4.74 Å². The van der Waals surface area contributed by atoms with Crippen molar-refractivity contribution in [2.24, 2.45) is 0 Å². The topological polar surface area (TPSA) is 65.7 Å². The lowest BCUT2D eigenvalue weighted by atomic mass is 10.3. The third-order valence-corrected chi connectivity index (χ3v) is 3.77. The molecule has 0 atom stereocenters. The second-order valence-corrected chi connectivity index (χ2v) is 5.13. The number of hydrogen-bond donors (Lipinski definition) is 0. The number of aromatic nitrogens is 5. The lowest BCUT2D eigenvalue weighted by Gasteiger charge is -2.06. The Bertz CT molecular complexity index is 716. The van der Waals surface area contributed by atoms with E-state index in [0.717, 1.165) is 17.1 Å². The molecule has 106 valence electrons. The molecule has 1 aromatic carbocycles. The quantitative estimate of drug-likeness (QED) is 0.674. The molecule has 0 N–H and O–H groups in total. The zero-order valence-electron chi connectivity index (χ0n) is 11.4. The van der Waals surface area contributed by atoms with Crippen molar-refractivity contribution in [1.82, 2.24) is 25.2 Å². The first-order chi connectivity index (χ1) is 10.4. The number of pyridine rings is 1. The molecule has 3 aromatic rings. The van der Waals surface area contributed by atoms with Gasteiger partial charge in [-0.25, -0.2) is 0 Å². The zero-order chi connectivity index (χ0) is 14.5. The van der Waals surface area contributed by atoms with E-state index >= 15 is 0 Å². The molecular weight excluding hydrogens is 286 g/mol. The van der Waals surface area contributed by atoms with E-state index in [2.05, 4.69) is 20.5 Å². The lowest BCUT2D eigenvalue weighted by molar-refractivity contribution is 0.414. The van der Waals surface area contributed by atoms with Crippen molar-refractivity contribution in [3.8, 4) is 11.4 Å². The summed E-state index contributed by atoms with van der Waals surface area (Å²) in [6.45, 7) is 0. The van der Waals surface area contributed by atoms with Crippen molar-refractivity contribution in [3.05, 3.63) is 54.4 Å². The van der Waals surface area contributed by atoms with E-state index in [4.69, 9.17) is 4.74 Å². The monoisotopic (exact) mass is 299 g/mol. The summed E-state index contributed by atoms with van der Waals surface area (Å²) < 4.78 is 6.91. The van der Waals surface area contributed by atoms with Crippen LogP contribution in [0.5, 0.6) is 5.75 Å². The smallest absolute Gasteiger partial charge is 0.214 e. The van der Waals surface area contributed by atoms with Crippen molar-refractivity contribution < 1.29 is 4.74 Å². The van der Waals surface area contributed by atoms with Gasteiger partial charge in [0, 0.05) is 18.0 Å². The van der Waals surface area contributed by atoms with Gasteiger partial charge in [-0.05, 0) is 34.7 Å². The normalized spacial score (nSPS) is 10.5. The van der Waals surface area contributed by atoms with Crippen LogP contribution in [-0.2, 0) is 5.75 Å². The van der Waals surface area contributed by atoms with Crippen molar-refractivity contribution in [1.29, 1.82) is 0 Å². The molecule has 7 heteroatoms. The predicted molar refractivity (Wildman–Crippen MR) is 79.5 cm³/mol. The van der Waals surface area contributed by atoms with E-state index in [1.807, 2.05) is 42.5 Å². The van der Waals surface area contributed by atoms with Crippen LogP contribution in [0.25, 0.3) is 5.69 Å². The Morgan fingerprint density at radius 3 is 2.95 bits per heavy atom. The van der Waals surface area contributed by atoms with Gasteiger partial charge in [-0.1, -0.05) is 23.9 Å². The molecule has 0 fully saturated rings. The van der Waals surface area contributed by atoms with Gasteiger partial charge < -0.3 is 4.74 Å². The number of benzene rings is 1. The van der Waals surface area contributed by atoms with Crippen molar-refractivity contribution >= 4 is 11.8 Å². The summed E-state index contributed by atoms with van der Waals surface area (Å²) in [5, 5.41) is 12.6. The SMILES string of the molecule is COc1cccc(-n2nnnc2SCc2ccccn2)c1. The predicted octanol–water partition coefficient (Wildman–Crippen LogP) is 2.36. The molecule has 21 heavy (non-hydrogen) atoms. The largest absolute Gasteiger partial charge is 0.497 e. The van der Waals surface area contributed by atoms with Gasteiger partial charge in [-0.2, -0.15) is 4.68 Å². The van der Waals surface area contributed by atoms with Gasteiger partial charge in [-0.3, -0.25) is 4.98 Å². The number of hydrogen-bond acceptors (Lipinski definition) is 6. The van der Waals surface area contributed by atoms with Gasteiger partial charge in [0.1, 0.15) is 5.75 Å². The molecule has 0 unspecified atom stereocenters. The van der Waals surface area contributed by atoms with Crippen LogP contribution in [0.15, 0.2) is 53.8 Å². The molecule has 0 radical (unpaired) electrons. The molecule has 3 rings (SSSR count). The minimum absolute atomic E-state index is 0.713. The number of methoxy groups -OCH3 is 1. The summed E-state index contributed by atoms with van der Waals surface area (Å²) in [5.74, 6) is 1.48. The van der Waals surface area contributed by atoms with Crippen LogP contribution in [0.1, 0.15) is 5.69 Å². The van der Waals surface area contributed by atoms with Gasteiger partial charge >= 0.3 is 0 Å². The molecule has 0 aliphatic heterocycles. The summed E-state index contributed by atoms with van der Waals surface area (Å²) in [6, 6.07) is 13.5. The maximum atomic E-state index is 5.22. The molecule has 0 spiro atoms. The molecule has 0 saturated carbocycles. The average Bonchev–Trinajstić information content (AvgIpc) is 3.02. The molecule has 0 aliphatic rings. The van der Waals surface area contributed by atoms with E-state index < -0.39 is 0 Å². The van der Waals surface area contributed by atoms with Gasteiger partial charge in [0.2, 0.25) is 5.16 Å². The van der Waals surface area contributed by atoms with Crippen LogP contribution in [0.4, 0.5) is 0 Å². The number of thioether (sulfide) groups is 1. The highest BCUT2D eigenvalue weighted by atomic mass is 32.2. The lowest BCUT2D eigenvalue weighted by Crippen LogP contribution is -1.99. The number of tetrazole rings is 1. The zero-order valence-corrected chi connectivity index (χ0v) is 12.2. The van der Waals surface area contributed by atoms with Crippen molar-refractivity contribution in [2.75, 3.05) is 7.11 Å². The Kier molecular flexibility index (Phi) is 4.11. The van der Waals surface area contributed by atoms with Crippen LogP contribution in [0.3, 0.4) is 0 Å². The third kappa shape index (κ3) is 3.19. The molecule has 0 aliphatic carbocycles. The first-order valence-electron chi connectivity index (χ1n) is 6.32. The minimum Gasteiger partial charge on any atom is -0.497 e. The molecule has 0 bridgehead atoms. The molecule has 6 nitrogen and oxygen atoms in total. The Morgan fingerprint density at radius 2 is 2.14 bits per heavy atom. The maximum absolute atomic E-state index is 5.22. The van der Waals surface area contributed by atoms with E-state index in [9.17, 15) is 0 Å². The first-order valence-corrected chi connectivity index (χ1v) is 7.31. The second-order valence-electron chi connectivity index (χ2n) is 4.18. The highest BCUT2D eigenvalue weighted by Gasteiger charge is 2.10. The fraction of sp³-hybridized carbons (Fsp3) is 0.143. The third-order valence-electron chi connectivity index (χ3n) is 2.81. The highest BCUT2D eigenvalue weighted by molar-refractivity contribution is 7.98. The fourth-order valence-corrected chi connectivity index (χ4v) is 2.60.